The number of carbonyl (C=O) groups excluding carboxylic acids is 4. The van der Waals surface area contributed by atoms with Crippen LogP contribution in [-0.4, -0.2) is 53.6 Å². The van der Waals surface area contributed by atoms with E-state index in [0.29, 0.717) is 12.8 Å². The Morgan fingerprint density at radius 1 is 1.28 bits per heavy atom. The van der Waals surface area contributed by atoms with Gasteiger partial charge in [-0.1, -0.05) is 12.8 Å². The van der Waals surface area contributed by atoms with Gasteiger partial charge in [0.25, 0.3) is 5.91 Å². The normalized spacial score (nSPS) is 25.1. The van der Waals surface area contributed by atoms with Crippen molar-refractivity contribution in [3.63, 3.8) is 0 Å². The van der Waals surface area contributed by atoms with Gasteiger partial charge in [0.05, 0.1) is 30.5 Å². The van der Waals surface area contributed by atoms with Crippen molar-refractivity contribution in [2.75, 3.05) is 13.2 Å². The summed E-state index contributed by atoms with van der Waals surface area (Å²) in [4.78, 5) is 50.2. The highest BCUT2D eigenvalue weighted by Gasteiger charge is 2.52. The standard InChI is InChI=1S/C16H22N4O5/c1-3-25-12(21)11-9(2)17-14(23)18-10(11)8-20-13(22)16(19-15(20)24)6-4-5-7-16/h9H,3-8H2,1-2H3,(H,19,24)(H2,17,18,23)/t9-/m0/s1. The quantitative estimate of drug-likeness (QED) is 0.500. The summed E-state index contributed by atoms with van der Waals surface area (Å²) >= 11 is 0. The van der Waals surface area contributed by atoms with Gasteiger partial charge in [0.15, 0.2) is 0 Å². The SMILES string of the molecule is CCOC(=O)C1=C(CN2C(=O)NC3(CCCC3)C2=O)NC(=O)N[C@H]1C. The molecular weight excluding hydrogens is 328 g/mol. The Morgan fingerprint density at radius 2 is 1.96 bits per heavy atom. The van der Waals surface area contributed by atoms with E-state index in [4.69, 9.17) is 4.74 Å². The van der Waals surface area contributed by atoms with Crippen LogP contribution in [0.1, 0.15) is 39.5 Å². The van der Waals surface area contributed by atoms with Crippen LogP contribution in [0.4, 0.5) is 9.59 Å². The molecule has 2 heterocycles. The lowest BCUT2D eigenvalue weighted by Crippen LogP contribution is -2.52. The highest BCUT2D eigenvalue weighted by molar-refractivity contribution is 6.07. The Bertz CT molecular complexity index is 665. The summed E-state index contributed by atoms with van der Waals surface area (Å²) in [6, 6.07) is -1.56. The van der Waals surface area contributed by atoms with Gasteiger partial charge in [0, 0.05) is 0 Å². The molecule has 9 heteroatoms. The van der Waals surface area contributed by atoms with Crippen molar-refractivity contribution in [2.24, 2.45) is 0 Å². The number of esters is 1. The van der Waals surface area contributed by atoms with Crippen molar-refractivity contribution in [3.05, 3.63) is 11.3 Å². The number of carbonyl (C=O) groups is 4. The van der Waals surface area contributed by atoms with Crippen LogP contribution in [0.3, 0.4) is 0 Å². The van der Waals surface area contributed by atoms with E-state index in [0.717, 1.165) is 17.7 Å². The molecule has 1 atom stereocenters. The number of hydrogen-bond acceptors (Lipinski definition) is 5. The molecule has 0 unspecified atom stereocenters. The van der Waals surface area contributed by atoms with Crippen molar-refractivity contribution in [2.45, 2.75) is 51.1 Å². The Kier molecular flexibility index (Phi) is 4.40. The molecule has 0 aromatic carbocycles. The predicted molar refractivity (Wildman–Crippen MR) is 86.2 cm³/mol. The summed E-state index contributed by atoms with van der Waals surface area (Å²) in [7, 11) is 0. The van der Waals surface area contributed by atoms with Gasteiger partial charge in [-0.3, -0.25) is 9.69 Å². The first kappa shape index (κ1) is 17.2. The van der Waals surface area contributed by atoms with E-state index in [1.54, 1.807) is 13.8 Å². The topological polar surface area (TPSA) is 117 Å². The molecule has 1 saturated carbocycles. The van der Waals surface area contributed by atoms with Gasteiger partial charge >= 0.3 is 18.0 Å². The van der Waals surface area contributed by atoms with Crippen LogP contribution >= 0.6 is 0 Å². The van der Waals surface area contributed by atoms with Crippen LogP contribution in [0.25, 0.3) is 0 Å². The number of hydrogen-bond donors (Lipinski definition) is 3. The van der Waals surface area contributed by atoms with E-state index < -0.39 is 29.6 Å². The van der Waals surface area contributed by atoms with Crippen LogP contribution in [-0.2, 0) is 14.3 Å². The highest BCUT2D eigenvalue weighted by Crippen LogP contribution is 2.35. The Hall–Kier alpha value is -2.58. The van der Waals surface area contributed by atoms with Crippen LogP contribution in [0, 0.1) is 0 Å². The van der Waals surface area contributed by atoms with Gasteiger partial charge in [-0.25, -0.2) is 14.4 Å². The molecule has 2 fully saturated rings. The molecule has 136 valence electrons. The van der Waals surface area contributed by atoms with Gasteiger partial charge in [-0.05, 0) is 26.7 Å². The van der Waals surface area contributed by atoms with Crippen molar-refractivity contribution in [3.8, 4) is 0 Å². The number of nitrogens with one attached hydrogen (secondary N) is 3. The second-order valence-electron chi connectivity index (χ2n) is 6.54. The number of urea groups is 2. The number of amides is 5. The largest absolute Gasteiger partial charge is 0.463 e. The molecule has 0 aromatic rings. The second-order valence-corrected chi connectivity index (χ2v) is 6.54. The molecule has 2 aliphatic heterocycles. The number of imide groups is 1. The zero-order valence-corrected chi connectivity index (χ0v) is 14.3. The first-order valence-corrected chi connectivity index (χ1v) is 8.50. The molecule has 3 rings (SSSR count). The van der Waals surface area contributed by atoms with E-state index in [9.17, 15) is 19.2 Å². The summed E-state index contributed by atoms with van der Waals surface area (Å²) in [5.74, 6) is -0.883. The van der Waals surface area contributed by atoms with Gasteiger partial charge < -0.3 is 20.7 Å². The maximum atomic E-state index is 12.8. The molecule has 9 nitrogen and oxygen atoms in total. The Morgan fingerprint density at radius 3 is 2.60 bits per heavy atom. The zero-order chi connectivity index (χ0) is 18.2. The van der Waals surface area contributed by atoms with E-state index >= 15 is 0 Å². The molecule has 3 aliphatic rings. The maximum absolute atomic E-state index is 12.8. The van der Waals surface area contributed by atoms with E-state index in [2.05, 4.69) is 16.0 Å². The molecular formula is C16H22N4O5. The molecule has 0 bridgehead atoms. The van der Waals surface area contributed by atoms with Crippen LogP contribution in [0.2, 0.25) is 0 Å². The number of nitrogens with zero attached hydrogens (tertiary/aromatic N) is 1. The van der Waals surface area contributed by atoms with Crippen LogP contribution in [0.15, 0.2) is 11.3 Å². The van der Waals surface area contributed by atoms with Crippen molar-refractivity contribution >= 4 is 23.9 Å². The molecule has 0 aromatic heterocycles. The third-order valence-electron chi connectivity index (χ3n) is 4.88. The van der Waals surface area contributed by atoms with Crippen molar-refractivity contribution in [1.29, 1.82) is 0 Å². The van der Waals surface area contributed by atoms with Crippen molar-refractivity contribution < 1.29 is 23.9 Å². The third kappa shape index (κ3) is 2.94. The first-order valence-electron chi connectivity index (χ1n) is 8.50. The molecule has 1 aliphatic carbocycles. The third-order valence-corrected chi connectivity index (χ3v) is 4.88. The monoisotopic (exact) mass is 350 g/mol. The highest BCUT2D eigenvalue weighted by atomic mass is 16.5. The lowest BCUT2D eigenvalue weighted by molar-refractivity contribution is -0.139. The first-order chi connectivity index (χ1) is 11.9. The summed E-state index contributed by atoms with van der Waals surface area (Å²) in [5, 5.41) is 7.90. The van der Waals surface area contributed by atoms with E-state index in [1.807, 2.05) is 0 Å². The lowest BCUT2D eigenvalue weighted by atomic mass is 9.97. The summed E-state index contributed by atoms with van der Waals surface area (Å²) < 4.78 is 5.04. The molecule has 25 heavy (non-hydrogen) atoms. The van der Waals surface area contributed by atoms with Gasteiger partial charge in [0.2, 0.25) is 0 Å². The van der Waals surface area contributed by atoms with Crippen LogP contribution < -0.4 is 16.0 Å². The molecule has 3 N–H and O–H groups in total. The van der Waals surface area contributed by atoms with Gasteiger partial charge in [-0.2, -0.15) is 0 Å². The summed E-state index contributed by atoms with van der Waals surface area (Å²) in [6.07, 6.45) is 2.99. The lowest BCUT2D eigenvalue weighted by Gasteiger charge is -2.28. The van der Waals surface area contributed by atoms with Crippen LogP contribution in [0.5, 0.6) is 0 Å². The minimum atomic E-state index is -0.829. The van der Waals surface area contributed by atoms with Crippen molar-refractivity contribution in [1.82, 2.24) is 20.9 Å². The predicted octanol–water partition coefficient (Wildman–Crippen LogP) is 0.370. The average molecular weight is 350 g/mol. The van der Waals surface area contributed by atoms with Gasteiger partial charge in [-0.15, -0.1) is 0 Å². The van der Waals surface area contributed by atoms with E-state index in [1.165, 1.54) is 0 Å². The zero-order valence-electron chi connectivity index (χ0n) is 14.3. The van der Waals surface area contributed by atoms with E-state index in [-0.39, 0.29) is 30.3 Å². The number of rotatable bonds is 4. The Balaban J connectivity index is 1.89. The molecule has 5 amide bonds. The average Bonchev–Trinajstić information content (AvgIpc) is 3.08. The second kappa shape index (κ2) is 6.38. The summed E-state index contributed by atoms with van der Waals surface area (Å²) in [5.41, 5.74) is -0.396. The maximum Gasteiger partial charge on any atom is 0.337 e. The molecule has 0 radical (unpaired) electrons. The fraction of sp³-hybridized carbons (Fsp3) is 0.625. The fourth-order valence-corrected chi connectivity index (χ4v) is 3.70. The van der Waals surface area contributed by atoms with Gasteiger partial charge in [0.1, 0.15) is 5.54 Å². The Labute approximate surface area is 145 Å². The minimum absolute atomic E-state index is 0.168. The fourth-order valence-electron chi connectivity index (χ4n) is 3.70. The number of ether oxygens (including phenoxy) is 1. The minimum Gasteiger partial charge on any atom is -0.463 e. The molecule has 1 spiro atoms. The summed E-state index contributed by atoms with van der Waals surface area (Å²) in [6.45, 7) is 3.34. The smallest absolute Gasteiger partial charge is 0.337 e. The molecule has 1 saturated heterocycles.